The monoisotopic (exact) mass is 407 g/mol. The van der Waals surface area contributed by atoms with E-state index in [4.69, 9.17) is 4.74 Å². The average molecular weight is 407 g/mol. The highest BCUT2D eigenvalue weighted by atomic mass is 32.2. The number of nitro benzene ring substituents is 1. The maximum Gasteiger partial charge on any atom is 0.325 e. The van der Waals surface area contributed by atoms with Crippen LogP contribution in [0.1, 0.15) is 5.56 Å². The molecule has 0 aliphatic rings. The Labute approximate surface area is 160 Å². The molecule has 0 spiro atoms. The average Bonchev–Trinajstić information content (AvgIpc) is 2.70. The molecule has 0 saturated carbocycles. The van der Waals surface area contributed by atoms with Crippen molar-refractivity contribution < 1.29 is 27.7 Å². The lowest BCUT2D eigenvalue weighted by Gasteiger charge is -2.08. The van der Waals surface area contributed by atoms with Crippen molar-refractivity contribution in [2.75, 3.05) is 13.1 Å². The van der Waals surface area contributed by atoms with Crippen LogP contribution in [0, 0.1) is 10.1 Å². The van der Waals surface area contributed by atoms with Crippen LogP contribution in [-0.4, -0.2) is 38.3 Å². The Morgan fingerprint density at radius 2 is 1.64 bits per heavy atom. The van der Waals surface area contributed by atoms with Gasteiger partial charge in [-0.15, -0.1) is 0 Å². The second-order valence-electron chi connectivity index (χ2n) is 5.50. The summed E-state index contributed by atoms with van der Waals surface area (Å²) in [7, 11) is -3.82. The van der Waals surface area contributed by atoms with E-state index < -0.39 is 39.9 Å². The topological polar surface area (TPSA) is 145 Å². The summed E-state index contributed by atoms with van der Waals surface area (Å²) in [6.45, 7) is -1.10. The first-order chi connectivity index (χ1) is 13.3. The molecule has 0 unspecified atom stereocenters. The van der Waals surface area contributed by atoms with E-state index in [0.29, 0.717) is 5.56 Å². The Morgan fingerprint density at radius 3 is 2.25 bits per heavy atom. The van der Waals surface area contributed by atoms with Crippen LogP contribution in [0.4, 0.5) is 5.69 Å². The number of esters is 1. The number of nitrogens with one attached hydrogen (secondary N) is 2. The van der Waals surface area contributed by atoms with Gasteiger partial charge in [-0.3, -0.25) is 19.7 Å². The van der Waals surface area contributed by atoms with Gasteiger partial charge in [0.05, 0.1) is 16.4 Å². The predicted molar refractivity (Wildman–Crippen MR) is 97.5 cm³/mol. The van der Waals surface area contributed by atoms with Crippen LogP contribution in [0.2, 0.25) is 0 Å². The van der Waals surface area contributed by atoms with Crippen molar-refractivity contribution in [3.63, 3.8) is 0 Å². The second kappa shape index (κ2) is 9.58. The van der Waals surface area contributed by atoms with Gasteiger partial charge < -0.3 is 10.1 Å². The van der Waals surface area contributed by atoms with Crippen LogP contribution in [0.25, 0.3) is 0 Å². The van der Waals surface area contributed by atoms with Crippen LogP contribution < -0.4 is 10.0 Å². The summed E-state index contributed by atoms with van der Waals surface area (Å²) in [4.78, 5) is 33.4. The molecule has 1 amide bonds. The third-order valence-electron chi connectivity index (χ3n) is 3.45. The minimum atomic E-state index is -3.82. The summed E-state index contributed by atoms with van der Waals surface area (Å²) in [5.41, 5.74) is 0.459. The molecule has 2 aromatic carbocycles. The minimum absolute atomic E-state index is 0.0188. The Kier molecular flexibility index (Phi) is 7.18. The zero-order valence-corrected chi connectivity index (χ0v) is 15.3. The first-order valence-corrected chi connectivity index (χ1v) is 9.46. The van der Waals surface area contributed by atoms with Gasteiger partial charge in [0.1, 0.15) is 13.2 Å². The molecule has 148 valence electrons. The van der Waals surface area contributed by atoms with Crippen molar-refractivity contribution in [1.82, 2.24) is 10.0 Å². The van der Waals surface area contributed by atoms with Crippen LogP contribution in [0.5, 0.6) is 0 Å². The number of nitrogens with zero attached hydrogens (tertiary/aromatic N) is 1. The quantitative estimate of drug-likeness (QED) is 0.354. The van der Waals surface area contributed by atoms with E-state index in [0.717, 1.165) is 0 Å². The van der Waals surface area contributed by atoms with E-state index in [1.807, 2.05) is 0 Å². The molecule has 0 saturated heterocycles. The summed E-state index contributed by atoms with van der Waals surface area (Å²) >= 11 is 0. The van der Waals surface area contributed by atoms with E-state index in [-0.39, 0.29) is 17.2 Å². The Hall–Kier alpha value is -3.31. The molecule has 0 bridgehead atoms. The van der Waals surface area contributed by atoms with Gasteiger partial charge in [0, 0.05) is 12.1 Å². The molecule has 0 aromatic heterocycles. The molecule has 0 fully saturated rings. The highest BCUT2D eigenvalue weighted by Crippen LogP contribution is 2.12. The van der Waals surface area contributed by atoms with E-state index in [1.54, 1.807) is 18.2 Å². The minimum Gasteiger partial charge on any atom is -0.460 e. The molecule has 11 heteroatoms. The van der Waals surface area contributed by atoms with Crippen molar-refractivity contribution in [3.05, 3.63) is 70.3 Å². The number of ether oxygens (including phenoxy) is 1. The van der Waals surface area contributed by atoms with Gasteiger partial charge in [-0.2, -0.15) is 0 Å². The zero-order valence-electron chi connectivity index (χ0n) is 14.5. The molecule has 0 atom stereocenters. The molecule has 28 heavy (non-hydrogen) atoms. The summed E-state index contributed by atoms with van der Waals surface area (Å²) < 4.78 is 31.0. The molecule has 0 aliphatic carbocycles. The number of nitro groups is 1. The number of sulfonamides is 1. The van der Waals surface area contributed by atoms with Crippen molar-refractivity contribution in [2.24, 2.45) is 0 Å². The maximum absolute atomic E-state index is 12.0. The van der Waals surface area contributed by atoms with Crippen molar-refractivity contribution >= 4 is 27.6 Å². The molecule has 2 aromatic rings. The highest BCUT2D eigenvalue weighted by Gasteiger charge is 2.15. The maximum atomic E-state index is 12.0. The lowest BCUT2D eigenvalue weighted by Crippen LogP contribution is -2.39. The Bertz CT molecular complexity index is 944. The van der Waals surface area contributed by atoms with Gasteiger partial charge in [0.25, 0.3) is 5.69 Å². The molecular weight excluding hydrogens is 390 g/mol. The van der Waals surface area contributed by atoms with E-state index in [9.17, 15) is 28.1 Å². The summed E-state index contributed by atoms with van der Waals surface area (Å²) in [5, 5.41) is 12.8. The van der Waals surface area contributed by atoms with Gasteiger partial charge in [0.15, 0.2) is 0 Å². The van der Waals surface area contributed by atoms with Gasteiger partial charge in [-0.25, -0.2) is 13.1 Å². The highest BCUT2D eigenvalue weighted by molar-refractivity contribution is 7.89. The number of amides is 1. The second-order valence-corrected chi connectivity index (χ2v) is 7.27. The molecule has 10 nitrogen and oxygen atoms in total. The number of rotatable bonds is 9. The van der Waals surface area contributed by atoms with Crippen LogP contribution in [0.15, 0.2) is 59.5 Å². The summed E-state index contributed by atoms with van der Waals surface area (Å²) in [6, 6.07) is 13.0. The zero-order chi connectivity index (χ0) is 20.6. The normalized spacial score (nSPS) is 10.9. The lowest BCUT2D eigenvalue weighted by atomic mass is 10.2. The van der Waals surface area contributed by atoms with Crippen LogP contribution >= 0.6 is 0 Å². The fraction of sp³-hybridized carbons (Fsp3) is 0.176. The van der Waals surface area contributed by atoms with E-state index >= 15 is 0 Å². The fourth-order valence-electron chi connectivity index (χ4n) is 2.01. The summed E-state index contributed by atoms with van der Waals surface area (Å²) in [6.07, 6.45) is 0. The Morgan fingerprint density at radius 1 is 1.00 bits per heavy atom. The van der Waals surface area contributed by atoms with Crippen molar-refractivity contribution in [3.8, 4) is 0 Å². The van der Waals surface area contributed by atoms with Gasteiger partial charge in [-0.05, 0) is 29.8 Å². The standard InChI is InChI=1S/C17H17N3O7S/c21-16(10-19-28(25,26)15-4-2-1-3-5-15)18-11-17(22)27-12-13-6-8-14(9-7-13)20(23)24/h1-9,19H,10-12H2,(H,18,21). The van der Waals surface area contributed by atoms with Gasteiger partial charge >= 0.3 is 5.97 Å². The molecular formula is C17H17N3O7S. The molecule has 0 aliphatic heterocycles. The van der Waals surface area contributed by atoms with E-state index in [1.165, 1.54) is 36.4 Å². The van der Waals surface area contributed by atoms with Crippen LogP contribution in [-0.2, 0) is 31.0 Å². The predicted octanol–water partition coefficient (Wildman–Crippen LogP) is 0.733. The Balaban J connectivity index is 1.72. The van der Waals surface area contributed by atoms with Crippen molar-refractivity contribution in [2.45, 2.75) is 11.5 Å². The first kappa shape index (κ1) is 21.0. The first-order valence-electron chi connectivity index (χ1n) is 7.98. The SMILES string of the molecule is O=C(CNS(=O)(=O)c1ccccc1)NCC(=O)OCc1ccc([N+](=O)[O-])cc1. The molecule has 0 radical (unpaired) electrons. The summed E-state index contributed by atoms with van der Waals surface area (Å²) in [5.74, 6) is -1.44. The number of hydrogen-bond donors (Lipinski definition) is 2. The number of benzene rings is 2. The smallest absolute Gasteiger partial charge is 0.325 e. The molecule has 2 rings (SSSR count). The number of non-ortho nitro benzene ring substituents is 1. The lowest BCUT2D eigenvalue weighted by molar-refractivity contribution is -0.384. The third-order valence-corrected chi connectivity index (χ3v) is 4.87. The molecule has 0 heterocycles. The van der Waals surface area contributed by atoms with Gasteiger partial charge in [-0.1, -0.05) is 18.2 Å². The number of carbonyl (C=O) groups is 2. The van der Waals surface area contributed by atoms with Crippen molar-refractivity contribution in [1.29, 1.82) is 0 Å². The number of carbonyl (C=O) groups excluding carboxylic acids is 2. The van der Waals surface area contributed by atoms with Crippen LogP contribution in [0.3, 0.4) is 0 Å². The van der Waals surface area contributed by atoms with Gasteiger partial charge in [0.2, 0.25) is 15.9 Å². The van der Waals surface area contributed by atoms with E-state index in [2.05, 4.69) is 10.0 Å². The largest absolute Gasteiger partial charge is 0.460 e. The third kappa shape index (κ3) is 6.45. The fourth-order valence-corrected chi connectivity index (χ4v) is 3.01. The molecule has 2 N–H and O–H groups in total. The number of hydrogen-bond acceptors (Lipinski definition) is 7.